The van der Waals surface area contributed by atoms with Crippen LogP contribution in [0, 0.1) is 0 Å². The highest BCUT2D eigenvalue weighted by Crippen LogP contribution is 2.41. The quantitative estimate of drug-likeness (QED) is 0.838. The summed E-state index contributed by atoms with van der Waals surface area (Å²) in [4.78, 5) is 17.5. The Morgan fingerprint density at radius 3 is 2.96 bits per heavy atom. The van der Waals surface area contributed by atoms with Gasteiger partial charge >= 0.3 is 0 Å². The van der Waals surface area contributed by atoms with Crippen LogP contribution in [0.1, 0.15) is 24.5 Å². The van der Waals surface area contributed by atoms with E-state index in [2.05, 4.69) is 10.3 Å². The minimum absolute atomic E-state index is 0.0402. The zero-order valence-electron chi connectivity index (χ0n) is 12.4. The number of thiazole rings is 1. The number of anilines is 1. The van der Waals surface area contributed by atoms with Gasteiger partial charge in [0.2, 0.25) is 5.91 Å². The lowest BCUT2D eigenvalue weighted by Crippen LogP contribution is -2.15. The Bertz CT molecular complexity index is 728. The van der Waals surface area contributed by atoms with Crippen LogP contribution in [-0.2, 0) is 4.79 Å². The van der Waals surface area contributed by atoms with Gasteiger partial charge in [-0.25, -0.2) is 4.98 Å². The predicted octanol–water partition coefficient (Wildman–Crippen LogP) is 3.52. The van der Waals surface area contributed by atoms with E-state index in [0.29, 0.717) is 30.0 Å². The smallest absolute Gasteiger partial charge is 0.236 e. The molecule has 2 heterocycles. The van der Waals surface area contributed by atoms with Gasteiger partial charge in [-0.1, -0.05) is 0 Å². The third-order valence-corrected chi connectivity index (χ3v) is 5.42. The van der Waals surface area contributed by atoms with Gasteiger partial charge < -0.3 is 14.8 Å². The molecule has 0 atom stereocenters. The largest absolute Gasteiger partial charge is 0.486 e. The molecule has 1 aliphatic carbocycles. The summed E-state index contributed by atoms with van der Waals surface area (Å²) in [7, 11) is 0. The lowest BCUT2D eigenvalue weighted by Gasteiger charge is -2.18. The normalized spacial score (nSPS) is 16.2. The number of benzene rings is 1. The van der Waals surface area contributed by atoms with Crippen LogP contribution < -0.4 is 14.8 Å². The third-order valence-electron chi connectivity index (χ3n) is 3.65. The molecule has 1 aromatic heterocycles. The van der Waals surface area contributed by atoms with Crippen molar-refractivity contribution in [2.24, 2.45) is 0 Å². The molecule has 0 spiro atoms. The second kappa shape index (κ2) is 6.41. The summed E-state index contributed by atoms with van der Waals surface area (Å²) in [5.74, 6) is 2.43. The van der Waals surface area contributed by atoms with Gasteiger partial charge in [0.25, 0.3) is 0 Å². The Kier molecular flexibility index (Phi) is 4.13. The highest BCUT2D eigenvalue weighted by Gasteiger charge is 2.26. The second-order valence-corrected chi connectivity index (χ2v) is 7.40. The van der Waals surface area contributed by atoms with E-state index in [-0.39, 0.29) is 5.91 Å². The van der Waals surface area contributed by atoms with Gasteiger partial charge in [-0.2, -0.15) is 0 Å². The fourth-order valence-electron chi connectivity index (χ4n) is 2.33. The SMILES string of the molecule is O=C(CSc1ccc2c(c1)OCCO2)Nc1nc(C2CC2)cs1. The number of nitrogens with zero attached hydrogens (tertiary/aromatic N) is 1. The van der Waals surface area contributed by atoms with Gasteiger partial charge in [0.15, 0.2) is 16.6 Å². The van der Waals surface area contributed by atoms with Crippen molar-refractivity contribution in [1.29, 1.82) is 0 Å². The highest BCUT2D eigenvalue weighted by atomic mass is 32.2. The van der Waals surface area contributed by atoms with E-state index in [1.54, 1.807) is 0 Å². The van der Waals surface area contributed by atoms with Gasteiger partial charge in [-0.3, -0.25) is 4.79 Å². The number of rotatable bonds is 5. The first-order chi connectivity index (χ1) is 11.3. The summed E-state index contributed by atoms with van der Waals surface area (Å²) < 4.78 is 11.0. The van der Waals surface area contributed by atoms with E-state index >= 15 is 0 Å². The Labute approximate surface area is 142 Å². The average Bonchev–Trinajstić information content (AvgIpc) is 3.33. The first-order valence-corrected chi connectivity index (χ1v) is 9.42. The van der Waals surface area contributed by atoms with Crippen LogP contribution in [-0.4, -0.2) is 29.9 Å². The summed E-state index contributed by atoms with van der Waals surface area (Å²) in [5, 5.41) is 5.61. The molecule has 1 saturated carbocycles. The molecular weight excluding hydrogens is 332 g/mol. The van der Waals surface area contributed by atoms with Crippen LogP contribution >= 0.6 is 23.1 Å². The molecule has 7 heteroatoms. The number of hydrogen-bond acceptors (Lipinski definition) is 6. The maximum Gasteiger partial charge on any atom is 0.236 e. The molecule has 0 radical (unpaired) electrons. The number of carbonyl (C=O) groups excluding carboxylic acids is 1. The van der Waals surface area contributed by atoms with E-state index in [1.807, 2.05) is 23.6 Å². The second-order valence-electron chi connectivity index (χ2n) is 5.49. The van der Waals surface area contributed by atoms with Crippen LogP contribution in [0.5, 0.6) is 11.5 Å². The Morgan fingerprint density at radius 1 is 1.30 bits per heavy atom. The van der Waals surface area contributed by atoms with Crippen LogP contribution in [0.15, 0.2) is 28.5 Å². The van der Waals surface area contributed by atoms with E-state index in [0.717, 1.165) is 22.1 Å². The number of carbonyl (C=O) groups is 1. The molecule has 4 rings (SSSR count). The zero-order valence-corrected chi connectivity index (χ0v) is 14.0. The van der Waals surface area contributed by atoms with Crippen LogP contribution in [0.25, 0.3) is 0 Å². The molecule has 1 fully saturated rings. The van der Waals surface area contributed by atoms with Crippen LogP contribution in [0.2, 0.25) is 0 Å². The molecule has 1 amide bonds. The average molecular weight is 348 g/mol. The van der Waals surface area contributed by atoms with Gasteiger partial charge in [0.05, 0.1) is 11.4 Å². The summed E-state index contributed by atoms with van der Waals surface area (Å²) in [6.07, 6.45) is 2.44. The molecular formula is C16H16N2O3S2. The summed E-state index contributed by atoms with van der Waals surface area (Å²) in [6, 6.07) is 5.75. The molecule has 0 bridgehead atoms. The van der Waals surface area contributed by atoms with E-state index < -0.39 is 0 Å². The zero-order chi connectivity index (χ0) is 15.6. The first-order valence-electron chi connectivity index (χ1n) is 7.55. The van der Waals surface area contributed by atoms with Crippen molar-refractivity contribution in [2.45, 2.75) is 23.7 Å². The molecule has 2 aliphatic rings. The molecule has 1 N–H and O–H groups in total. The Morgan fingerprint density at radius 2 is 2.13 bits per heavy atom. The maximum absolute atomic E-state index is 12.0. The van der Waals surface area contributed by atoms with Crippen LogP contribution in [0.3, 0.4) is 0 Å². The minimum Gasteiger partial charge on any atom is -0.486 e. The predicted molar refractivity (Wildman–Crippen MR) is 90.9 cm³/mol. The number of amides is 1. The third kappa shape index (κ3) is 3.61. The van der Waals surface area contributed by atoms with Crippen molar-refractivity contribution < 1.29 is 14.3 Å². The van der Waals surface area contributed by atoms with E-state index in [1.165, 1.54) is 35.9 Å². The van der Waals surface area contributed by atoms with Crippen molar-refractivity contribution in [3.05, 3.63) is 29.3 Å². The molecule has 0 unspecified atom stereocenters. The van der Waals surface area contributed by atoms with Crippen molar-refractivity contribution >= 4 is 34.1 Å². The van der Waals surface area contributed by atoms with Crippen LogP contribution in [0.4, 0.5) is 5.13 Å². The van der Waals surface area contributed by atoms with E-state index in [4.69, 9.17) is 9.47 Å². The summed E-state index contributed by atoms with van der Waals surface area (Å²) in [5.41, 5.74) is 1.12. The summed E-state index contributed by atoms with van der Waals surface area (Å²) >= 11 is 2.97. The molecule has 23 heavy (non-hydrogen) atoms. The fourth-order valence-corrected chi connectivity index (χ4v) is 3.86. The fraction of sp³-hybridized carbons (Fsp3) is 0.375. The van der Waals surface area contributed by atoms with Crippen molar-refractivity contribution in [3.63, 3.8) is 0 Å². The lowest BCUT2D eigenvalue weighted by atomic mass is 10.3. The van der Waals surface area contributed by atoms with Gasteiger partial charge in [-0.05, 0) is 31.0 Å². The Hall–Kier alpha value is -1.73. The number of hydrogen-bond donors (Lipinski definition) is 1. The van der Waals surface area contributed by atoms with Gasteiger partial charge in [0.1, 0.15) is 13.2 Å². The monoisotopic (exact) mass is 348 g/mol. The van der Waals surface area contributed by atoms with Gasteiger partial charge in [0, 0.05) is 16.2 Å². The number of nitrogens with one attached hydrogen (secondary N) is 1. The molecule has 0 saturated heterocycles. The van der Waals surface area contributed by atoms with E-state index in [9.17, 15) is 4.79 Å². The summed E-state index contributed by atoms with van der Waals surface area (Å²) in [6.45, 7) is 1.15. The van der Waals surface area contributed by atoms with Crippen molar-refractivity contribution in [2.75, 3.05) is 24.3 Å². The van der Waals surface area contributed by atoms with Gasteiger partial charge in [-0.15, -0.1) is 23.1 Å². The number of thioether (sulfide) groups is 1. The molecule has 2 aromatic rings. The highest BCUT2D eigenvalue weighted by molar-refractivity contribution is 8.00. The number of fused-ring (bicyclic) bond motifs is 1. The van der Waals surface area contributed by atoms with Crippen molar-refractivity contribution in [3.8, 4) is 11.5 Å². The lowest BCUT2D eigenvalue weighted by molar-refractivity contribution is -0.113. The molecule has 1 aromatic carbocycles. The van der Waals surface area contributed by atoms with Crippen molar-refractivity contribution in [1.82, 2.24) is 4.98 Å². The topological polar surface area (TPSA) is 60.5 Å². The standard InChI is InChI=1S/C16H16N2O3S2/c19-15(18-16-17-12(8-23-16)10-1-2-10)9-22-11-3-4-13-14(7-11)21-6-5-20-13/h3-4,7-8,10H,1-2,5-6,9H2,(H,17,18,19). The minimum atomic E-state index is -0.0402. The molecule has 5 nitrogen and oxygen atoms in total. The Balaban J connectivity index is 1.32. The first kappa shape index (κ1) is 14.8. The molecule has 120 valence electrons. The maximum atomic E-state index is 12.0. The number of ether oxygens (including phenoxy) is 2. The number of aromatic nitrogens is 1. The molecule has 1 aliphatic heterocycles.